The Balaban J connectivity index is 1.70. The highest BCUT2D eigenvalue weighted by Gasteiger charge is 2.29. The number of rotatable bonds is 3. The molecule has 0 aromatic heterocycles. The molecule has 3 nitrogen and oxygen atoms in total. The summed E-state index contributed by atoms with van der Waals surface area (Å²) in [4.78, 5) is 5.12. The molecule has 1 aromatic carbocycles. The molecule has 0 spiro atoms. The minimum atomic E-state index is 0.686. The second-order valence-corrected chi connectivity index (χ2v) is 6.92. The monoisotopic (exact) mass is 402 g/mol. The second-order valence-electron chi connectivity index (χ2n) is 5.44. The molecule has 1 atom stereocenters. The normalized spacial score (nSPS) is 24.3. The zero-order valence-electron chi connectivity index (χ0n) is 11.5. The van der Waals surface area contributed by atoms with E-state index in [4.69, 9.17) is 4.74 Å². The van der Waals surface area contributed by atoms with Gasteiger partial charge in [0.05, 0.1) is 13.2 Å². The first-order valence-corrected chi connectivity index (χ1v) is 9.10. The van der Waals surface area contributed by atoms with Gasteiger partial charge in [0, 0.05) is 47.7 Å². The lowest BCUT2D eigenvalue weighted by molar-refractivity contribution is 0.0209. The lowest BCUT2D eigenvalue weighted by atomic mass is 10.2. The SMILES string of the molecule is BrCc1cc(Br)ccc1N1CCC(N2CCOCC2)C1. The van der Waals surface area contributed by atoms with Gasteiger partial charge in [0.25, 0.3) is 0 Å². The summed E-state index contributed by atoms with van der Waals surface area (Å²) >= 11 is 7.17. The minimum absolute atomic E-state index is 0.686. The number of halogens is 2. The van der Waals surface area contributed by atoms with Crippen molar-refractivity contribution in [1.29, 1.82) is 0 Å². The van der Waals surface area contributed by atoms with Gasteiger partial charge in [-0.15, -0.1) is 0 Å². The molecular formula is C15H20Br2N2O. The standard InChI is InChI=1S/C15H20Br2N2O/c16-10-12-9-13(17)1-2-15(12)19-4-3-14(11-19)18-5-7-20-8-6-18/h1-2,9,14H,3-8,10-11H2. The second kappa shape index (κ2) is 6.77. The van der Waals surface area contributed by atoms with E-state index in [-0.39, 0.29) is 0 Å². The number of morpholine rings is 1. The van der Waals surface area contributed by atoms with Gasteiger partial charge >= 0.3 is 0 Å². The average Bonchev–Trinajstić information content (AvgIpc) is 2.97. The smallest absolute Gasteiger partial charge is 0.0594 e. The first-order chi connectivity index (χ1) is 9.78. The molecule has 5 heteroatoms. The van der Waals surface area contributed by atoms with E-state index in [2.05, 4.69) is 59.9 Å². The van der Waals surface area contributed by atoms with Crippen LogP contribution in [0.5, 0.6) is 0 Å². The Morgan fingerprint density at radius 1 is 1.20 bits per heavy atom. The van der Waals surface area contributed by atoms with Crippen molar-refractivity contribution in [2.75, 3.05) is 44.3 Å². The average molecular weight is 404 g/mol. The van der Waals surface area contributed by atoms with Crippen LogP contribution in [0.3, 0.4) is 0 Å². The molecule has 0 radical (unpaired) electrons. The van der Waals surface area contributed by atoms with E-state index < -0.39 is 0 Å². The van der Waals surface area contributed by atoms with Gasteiger partial charge in [-0.2, -0.15) is 0 Å². The van der Waals surface area contributed by atoms with Crippen molar-refractivity contribution in [1.82, 2.24) is 4.90 Å². The zero-order chi connectivity index (χ0) is 13.9. The fraction of sp³-hybridized carbons (Fsp3) is 0.600. The van der Waals surface area contributed by atoms with E-state index >= 15 is 0 Å². The zero-order valence-corrected chi connectivity index (χ0v) is 14.7. The largest absolute Gasteiger partial charge is 0.379 e. The van der Waals surface area contributed by atoms with Crippen molar-refractivity contribution in [3.8, 4) is 0 Å². The van der Waals surface area contributed by atoms with Gasteiger partial charge in [-0.1, -0.05) is 31.9 Å². The van der Waals surface area contributed by atoms with Gasteiger partial charge in [0.1, 0.15) is 0 Å². The topological polar surface area (TPSA) is 15.7 Å². The van der Waals surface area contributed by atoms with E-state index in [1.54, 1.807) is 0 Å². The molecule has 0 N–H and O–H groups in total. The number of benzene rings is 1. The van der Waals surface area contributed by atoms with Crippen molar-refractivity contribution < 1.29 is 4.74 Å². The predicted octanol–water partition coefficient (Wildman–Crippen LogP) is 3.25. The summed E-state index contributed by atoms with van der Waals surface area (Å²) < 4.78 is 6.61. The van der Waals surface area contributed by atoms with Crippen LogP contribution < -0.4 is 4.90 Å². The summed E-state index contributed by atoms with van der Waals surface area (Å²) in [6.07, 6.45) is 1.26. The maximum absolute atomic E-state index is 5.45. The van der Waals surface area contributed by atoms with E-state index in [0.717, 1.165) is 49.2 Å². The first-order valence-electron chi connectivity index (χ1n) is 7.19. The van der Waals surface area contributed by atoms with Gasteiger partial charge in [-0.05, 0) is 30.2 Å². The van der Waals surface area contributed by atoms with E-state index in [1.165, 1.54) is 17.7 Å². The number of alkyl halides is 1. The number of hydrogen-bond donors (Lipinski definition) is 0. The summed E-state index contributed by atoms with van der Waals surface area (Å²) in [6.45, 7) is 6.25. The van der Waals surface area contributed by atoms with E-state index in [1.807, 2.05) is 0 Å². The predicted molar refractivity (Wildman–Crippen MR) is 89.8 cm³/mol. The molecule has 2 saturated heterocycles. The Morgan fingerprint density at radius 3 is 2.75 bits per heavy atom. The van der Waals surface area contributed by atoms with Crippen molar-refractivity contribution in [2.24, 2.45) is 0 Å². The molecule has 0 saturated carbocycles. The molecule has 3 rings (SSSR count). The Bertz CT molecular complexity index is 463. The highest BCUT2D eigenvalue weighted by atomic mass is 79.9. The van der Waals surface area contributed by atoms with Crippen LogP contribution in [0.15, 0.2) is 22.7 Å². The third-order valence-corrected chi connectivity index (χ3v) is 5.35. The summed E-state index contributed by atoms with van der Waals surface area (Å²) in [5, 5.41) is 0.903. The van der Waals surface area contributed by atoms with Crippen molar-refractivity contribution in [3.05, 3.63) is 28.2 Å². The highest BCUT2D eigenvalue weighted by molar-refractivity contribution is 9.10. The van der Waals surface area contributed by atoms with Crippen LogP contribution in [-0.4, -0.2) is 50.3 Å². The minimum Gasteiger partial charge on any atom is -0.379 e. The van der Waals surface area contributed by atoms with Crippen molar-refractivity contribution >= 4 is 37.5 Å². The Kier molecular flexibility index (Phi) is 5.02. The third kappa shape index (κ3) is 3.21. The highest BCUT2D eigenvalue weighted by Crippen LogP contribution is 2.30. The summed E-state index contributed by atoms with van der Waals surface area (Å²) in [5.41, 5.74) is 2.74. The van der Waals surface area contributed by atoms with Crippen molar-refractivity contribution in [3.63, 3.8) is 0 Å². The molecular weight excluding hydrogens is 384 g/mol. The third-order valence-electron chi connectivity index (χ3n) is 4.25. The summed E-state index contributed by atoms with van der Waals surface area (Å²) in [5.74, 6) is 0. The van der Waals surface area contributed by atoms with Crippen LogP contribution in [0.4, 0.5) is 5.69 Å². The van der Waals surface area contributed by atoms with Gasteiger partial charge in [-0.3, -0.25) is 4.90 Å². The molecule has 2 aliphatic heterocycles. The summed E-state index contributed by atoms with van der Waals surface area (Å²) in [7, 11) is 0. The van der Waals surface area contributed by atoms with Crippen LogP contribution in [0.25, 0.3) is 0 Å². The maximum Gasteiger partial charge on any atom is 0.0594 e. The fourth-order valence-corrected chi connectivity index (χ4v) is 4.03. The van der Waals surface area contributed by atoms with Gasteiger partial charge in [0.2, 0.25) is 0 Å². The lowest BCUT2D eigenvalue weighted by Crippen LogP contribution is -2.44. The fourth-order valence-electron chi connectivity index (χ4n) is 3.17. The molecule has 0 bridgehead atoms. The van der Waals surface area contributed by atoms with Crippen LogP contribution >= 0.6 is 31.9 Å². The molecule has 0 aliphatic carbocycles. The molecule has 1 aromatic rings. The Hall–Kier alpha value is -0.100. The van der Waals surface area contributed by atoms with Crippen LogP contribution in [-0.2, 0) is 10.1 Å². The number of anilines is 1. The first kappa shape index (κ1) is 14.8. The van der Waals surface area contributed by atoms with E-state index in [9.17, 15) is 0 Å². The number of nitrogens with zero attached hydrogens (tertiary/aromatic N) is 2. The molecule has 2 fully saturated rings. The molecule has 1 unspecified atom stereocenters. The van der Waals surface area contributed by atoms with Crippen LogP contribution in [0, 0.1) is 0 Å². The molecule has 2 heterocycles. The van der Waals surface area contributed by atoms with Crippen LogP contribution in [0.2, 0.25) is 0 Å². The summed E-state index contributed by atoms with van der Waals surface area (Å²) in [6, 6.07) is 7.28. The quantitative estimate of drug-likeness (QED) is 0.720. The molecule has 110 valence electrons. The van der Waals surface area contributed by atoms with Gasteiger partial charge < -0.3 is 9.64 Å². The van der Waals surface area contributed by atoms with E-state index in [0.29, 0.717) is 6.04 Å². The molecule has 2 aliphatic rings. The lowest BCUT2D eigenvalue weighted by Gasteiger charge is -2.32. The number of hydrogen-bond acceptors (Lipinski definition) is 3. The van der Waals surface area contributed by atoms with Gasteiger partial charge in [-0.25, -0.2) is 0 Å². The van der Waals surface area contributed by atoms with Crippen molar-refractivity contribution in [2.45, 2.75) is 17.8 Å². The molecule has 0 amide bonds. The molecule has 20 heavy (non-hydrogen) atoms. The van der Waals surface area contributed by atoms with Gasteiger partial charge in [0.15, 0.2) is 0 Å². The Morgan fingerprint density at radius 2 is 2.00 bits per heavy atom. The van der Waals surface area contributed by atoms with Crippen LogP contribution in [0.1, 0.15) is 12.0 Å². The Labute approximate surface area is 137 Å². The number of ether oxygens (including phenoxy) is 1. The maximum atomic E-state index is 5.45.